The molecule has 0 spiro atoms. The van der Waals surface area contributed by atoms with Gasteiger partial charge in [-0.05, 0) is 0 Å². The Morgan fingerprint density at radius 2 is 1.02 bits per heavy atom. The van der Waals surface area contributed by atoms with E-state index in [0.29, 0.717) is 0 Å². The van der Waals surface area contributed by atoms with Crippen molar-refractivity contribution >= 4 is 57.4 Å². The van der Waals surface area contributed by atoms with Gasteiger partial charge in [-0.2, -0.15) is 8.62 Å². The number of nitrogens with two attached hydrogens (primary N) is 2. The van der Waals surface area contributed by atoms with Crippen LogP contribution in [0.25, 0.3) is 22.3 Å². The molecular weight excluding hydrogens is 729 g/mol. The van der Waals surface area contributed by atoms with E-state index >= 15 is 0 Å². The first kappa shape index (κ1) is 35.7. The van der Waals surface area contributed by atoms with Gasteiger partial charge in [0.1, 0.15) is 60.3 Å². The third-order valence-electron chi connectivity index (χ3n) is 7.21. The first-order chi connectivity index (χ1) is 23.0. The van der Waals surface area contributed by atoms with Gasteiger partial charge in [-0.25, -0.2) is 43.6 Å². The number of phosphoric acid groups is 3. The van der Waals surface area contributed by atoms with Crippen LogP contribution in [0.1, 0.15) is 12.5 Å². The zero-order valence-corrected chi connectivity index (χ0v) is 26.9. The Balaban J connectivity index is 1.03. The van der Waals surface area contributed by atoms with Gasteiger partial charge < -0.3 is 56.0 Å². The lowest BCUT2D eigenvalue weighted by Gasteiger charge is -2.21. The molecule has 4 aromatic rings. The topological polar surface area (TPSA) is 387 Å². The Morgan fingerprint density at radius 1 is 0.633 bits per heavy atom. The fourth-order valence-corrected chi connectivity index (χ4v) is 8.49. The second-order valence-corrected chi connectivity index (χ2v) is 15.1. The minimum atomic E-state index is -5.94. The summed E-state index contributed by atoms with van der Waals surface area (Å²) in [5.74, 6) is 0.0316. The van der Waals surface area contributed by atoms with E-state index in [1.165, 1.54) is 21.8 Å². The largest absolute Gasteiger partial charge is 0.490 e. The molecular formula is C20H27N10O16P3. The van der Waals surface area contributed by atoms with Crippen molar-refractivity contribution in [3.63, 3.8) is 0 Å². The van der Waals surface area contributed by atoms with Crippen molar-refractivity contribution in [2.24, 2.45) is 0 Å². The normalized spacial score (nSPS) is 31.2. The minimum absolute atomic E-state index is 0.0158. The maximum absolute atomic E-state index is 12.4. The number of phosphoric ester groups is 2. The van der Waals surface area contributed by atoms with Gasteiger partial charge >= 0.3 is 23.5 Å². The van der Waals surface area contributed by atoms with Crippen molar-refractivity contribution < 1.29 is 75.9 Å². The molecule has 4 aromatic heterocycles. The zero-order chi connectivity index (χ0) is 35.5. The fourth-order valence-electron chi connectivity index (χ4n) is 4.96. The first-order valence-corrected chi connectivity index (χ1v) is 18.0. The number of hydrogen-bond acceptors (Lipinski definition) is 21. The van der Waals surface area contributed by atoms with Gasteiger partial charge in [0.15, 0.2) is 35.4 Å². The van der Waals surface area contributed by atoms with Crippen molar-refractivity contribution in [3.8, 4) is 0 Å². The predicted molar refractivity (Wildman–Crippen MR) is 155 cm³/mol. The SMILES string of the molecule is Nc1ncnc2c1ncn2[C@H]1O[C@@H](COP(=O)(O)OP(=O)(O)OP(=O)(O)OC[C@@H]2O[C@H](n3cnc4c(N)ncnc43)[C@@H](O)[C@H]2O)[C@H](O)[C@@H]1O. The highest BCUT2D eigenvalue weighted by Gasteiger charge is 2.49. The Kier molecular flexibility index (Phi) is 9.62. The lowest BCUT2D eigenvalue weighted by Crippen LogP contribution is -2.33. The monoisotopic (exact) mass is 756 g/mol. The van der Waals surface area contributed by atoms with Crippen LogP contribution in [0.15, 0.2) is 25.3 Å². The standard InChI is InChI=1S/C20H27N10O16P3/c21-15-9-17(25-3-23-15)29(5-27-9)19-13(33)11(31)7(43-19)1-41-47(35,36)45-49(39,40)46-48(37,38)42-2-8-12(32)14(34)20(44-8)30-6-28-10-16(22)24-4-26-18(10)30/h3-8,11-14,19-20,31-34H,1-2H2,(H,35,36)(H,37,38)(H,39,40)(H2,21,23,25)(H2,22,24,26)/t7-,8-,11-,12-,13-,14-,19-,20-/m0/s1. The van der Waals surface area contributed by atoms with Crippen LogP contribution in [0.4, 0.5) is 11.6 Å². The number of anilines is 2. The van der Waals surface area contributed by atoms with Crippen LogP contribution in [-0.4, -0.2) is 124 Å². The summed E-state index contributed by atoms with van der Waals surface area (Å²) in [7, 11) is -17.2. The quantitative estimate of drug-likeness (QED) is 0.0671. The average Bonchev–Trinajstić information content (AvgIpc) is 3.77. The van der Waals surface area contributed by atoms with E-state index < -0.39 is 85.8 Å². The Labute approximate surface area is 271 Å². The van der Waals surface area contributed by atoms with E-state index in [1.807, 2.05) is 0 Å². The molecule has 26 nitrogen and oxygen atoms in total. The maximum atomic E-state index is 12.4. The third-order valence-corrected chi connectivity index (χ3v) is 11.5. The highest BCUT2D eigenvalue weighted by Crippen LogP contribution is 2.67. The number of ether oxygens (including phenoxy) is 2. The highest BCUT2D eigenvalue weighted by atomic mass is 31.3. The van der Waals surface area contributed by atoms with E-state index in [2.05, 4.69) is 47.6 Å². The minimum Gasteiger partial charge on any atom is -0.387 e. The molecule has 6 rings (SSSR count). The van der Waals surface area contributed by atoms with Crippen LogP contribution < -0.4 is 11.5 Å². The molecule has 10 atom stereocenters. The molecule has 0 saturated carbocycles. The van der Waals surface area contributed by atoms with Gasteiger partial charge in [0, 0.05) is 0 Å². The summed E-state index contributed by atoms with van der Waals surface area (Å²) < 4.78 is 67.9. The zero-order valence-electron chi connectivity index (χ0n) is 24.2. The van der Waals surface area contributed by atoms with Crippen molar-refractivity contribution in [3.05, 3.63) is 25.3 Å². The molecule has 2 fully saturated rings. The van der Waals surface area contributed by atoms with Crippen LogP contribution in [-0.2, 0) is 40.8 Å². The summed E-state index contributed by atoms with van der Waals surface area (Å²) in [6, 6.07) is 0. The van der Waals surface area contributed by atoms with E-state index in [4.69, 9.17) is 20.9 Å². The summed E-state index contributed by atoms with van der Waals surface area (Å²) >= 11 is 0. The Morgan fingerprint density at radius 3 is 1.41 bits per heavy atom. The molecule has 0 bridgehead atoms. The predicted octanol–water partition coefficient (Wildman–Crippen LogP) is -2.56. The summed E-state index contributed by atoms with van der Waals surface area (Å²) in [5.41, 5.74) is 12.0. The van der Waals surface area contributed by atoms with Crippen molar-refractivity contribution in [1.29, 1.82) is 0 Å². The summed E-state index contributed by atoms with van der Waals surface area (Å²) in [4.78, 5) is 53.5. The van der Waals surface area contributed by atoms with Crippen LogP contribution >= 0.6 is 23.5 Å². The molecule has 0 amide bonds. The molecule has 11 N–H and O–H groups in total. The molecule has 29 heteroatoms. The van der Waals surface area contributed by atoms with Crippen LogP contribution in [0.2, 0.25) is 0 Å². The number of aliphatic hydroxyl groups excluding tert-OH is 4. The van der Waals surface area contributed by atoms with E-state index in [1.54, 1.807) is 0 Å². The van der Waals surface area contributed by atoms with Gasteiger partial charge in [-0.15, -0.1) is 0 Å². The number of aromatic nitrogens is 8. The maximum Gasteiger partial charge on any atom is 0.490 e. The van der Waals surface area contributed by atoms with Crippen LogP contribution in [0, 0.1) is 0 Å². The second-order valence-electron chi connectivity index (χ2n) is 10.4. The number of hydrogen-bond donors (Lipinski definition) is 9. The molecule has 6 heterocycles. The Bertz CT molecular complexity index is 1860. The van der Waals surface area contributed by atoms with E-state index in [-0.39, 0.29) is 34.0 Å². The third kappa shape index (κ3) is 7.22. The molecule has 2 saturated heterocycles. The number of nitrogens with zero attached hydrogens (tertiary/aromatic N) is 8. The summed E-state index contributed by atoms with van der Waals surface area (Å²) in [5, 5.41) is 41.8. The van der Waals surface area contributed by atoms with Crippen LogP contribution in [0.5, 0.6) is 0 Å². The highest BCUT2D eigenvalue weighted by molar-refractivity contribution is 7.66. The lowest BCUT2D eigenvalue weighted by molar-refractivity contribution is -0.0510. The van der Waals surface area contributed by atoms with E-state index in [0.717, 1.165) is 12.7 Å². The average molecular weight is 756 g/mol. The Hall–Kier alpha value is -3.13. The lowest BCUT2D eigenvalue weighted by atomic mass is 10.1. The number of nitrogen functional groups attached to an aromatic ring is 2. The van der Waals surface area contributed by atoms with Crippen molar-refractivity contribution in [2.45, 2.75) is 49.1 Å². The first-order valence-electron chi connectivity index (χ1n) is 13.6. The van der Waals surface area contributed by atoms with Gasteiger partial charge in [-0.1, -0.05) is 0 Å². The molecule has 2 aliphatic rings. The smallest absolute Gasteiger partial charge is 0.387 e. The fraction of sp³-hybridized carbons (Fsp3) is 0.500. The molecule has 0 aliphatic carbocycles. The number of rotatable bonds is 12. The number of aliphatic hydroxyl groups is 4. The molecule has 2 aliphatic heterocycles. The molecule has 0 aromatic carbocycles. The molecule has 268 valence electrons. The molecule has 2 unspecified atom stereocenters. The van der Waals surface area contributed by atoms with E-state index in [9.17, 15) is 48.8 Å². The van der Waals surface area contributed by atoms with Crippen molar-refractivity contribution in [1.82, 2.24) is 39.0 Å². The molecule has 0 radical (unpaired) electrons. The van der Waals surface area contributed by atoms with Crippen LogP contribution in [0.3, 0.4) is 0 Å². The summed E-state index contributed by atoms with van der Waals surface area (Å²) in [6.45, 7) is -2.05. The van der Waals surface area contributed by atoms with Gasteiger partial charge in [-0.3, -0.25) is 18.2 Å². The molecule has 49 heavy (non-hydrogen) atoms. The summed E-state index contributed by atoms with van der Waals surface area (Å²) in [6.07, 6.45) is -7.97. The number of fused-ring (bicyclic) bond motifs is 2. The van der Waals surface area contributed by atoms with Gasteiger partial charge in [0.25, 0.3) is 0 Å². The van der Waals surface area contributed by atoms with Gasteiger partial charge in [0.05, 0.1) is 25.9 Å². The van der Waals surface area contributed by atoms with Crippen molar-refractivity contribution in [2.75, 3.05) is 24.7 Å². The number of imidazole rings is 2. The second kappa shape index (κ2) is 13.2. The van der Waals surface area contributed by atoms with Gasteiger partial charge in [0.2, 0.25) is 0 Å².